The molecule has 0 saturated heterocycles. The molecular formula is C23H51NO3Si. The van der Waals surface area contributed by atoms with Gasteiger partial charge in [0.05, 0.1) is 0 Å². The van der Waals surface area contributed by atoms with Gasteiger partial charge in [-0.15, -0.1) is 0 Å². The Kier molecular flexibility index (Phi) is 17.9. The van der Waals surface area contributed by atoms with E-state index in [0.29, 0.717) is 19.8 Å². The van der Waals surface area contributed by atoms with Crippen molar-refractivity contribution in [2.24, 2.45) is 0 Å². The molecule has 0 unspecified atom stereocenters. The van der Waals surface area contributed by atoms with E-state index in [9.17, 15) is 0 Å². The number of hydrogen-bond acceptors (Lipinski definition) is 4. The first kappa shape index (κ1) is 28.1. The minimum Gasteiger partial charge on any atom is -0.374 e. The summed E-state index contributed by atoms with van der Waals surface area (Å²) in [4.78, 5) is 0. The molecule has 0 aromatic rings. The fraction of sp³-hybridized carbons (Fsp3) is 1.00. The van der Waals surface area contributed by atoms with Crippen molar-refractivity contribution in [1.82, 2.24) is 5.32 Å². The van der Waals surface area contributed by atoms with E-state index in [1.54, 1.807) is 0 Å². The fourth-order valence-corrected chi connectivity index (χ4v) is 6.31. The van der Waals surface area contributed by atoms with E-state index in [0.717, 1.165) is 19.0 Å². The van der Waals surface area contributed by atoms with Crippen molar-refractivity contribution in [2.75, 3.05) is 26.4 Å². The molecule has 0 spiro atoms. The lowest BCUT2D eigenvalue weighted by atomic mass is 9.96. The molecule has 0 radical (unpaired) electrons. The lowest BCUT2D eigenvalue weighted by Crippen LogP contribution is -2.47. The number of hydrogen-bond donors (Lipinski definition) is 1. The van der Waals surface area contributed by atoms with Gasteiger partial charge in [-0.2, -0.15) is 0 Å². The molecule has 5 heteroatoms. The Hall–Kier alpha value is 0.0569. The minimum atomic E-state index is -2.48. The highest BCUT2D eigenvalue weighted by atomic mass is 28.4. The molecule has 0 aromatic carbocycles. The summed E-state index contributed by atoms with van der Waals surface area (Å²) in [5.74, 6) is 0. The number of rotatable bonds is 21. The van der Waals surface area contributed by atoms with Crippen LogP contribution in [0.1, 0.15) is 112 Å². The highest BCUT2D eigenvalue weighted by molar-refractivity contribution is 6.60. The number of nitrogens with one attached hydrogen (secondary N) is 1. The molecule has 0 atom stereocenters. The Morgan fingerprint density at radius 3 is 1.57 bits per heavy atom. The second kappa shape index (κ2) is 17.9. The first-order valence-electron chi connectivity index (χ1n) is 12.1. The second-order valence-corrected chi connectivity index (χ2v) is 11.2. The molecule has 4 nitrogen and oxygen atoms in total. The van der Waals surface area contributed by atoms with E-state index >= 15 is 0 Å². The molecule has 0 aromatic heterocycles. The van der Waals surface area contributed by atoms with Crippen molar-refractivity contribution >= 4 is 8.80 Å². The molecule has 170 valence electrons. The van der Waals surface area contributed by atoms with Crippen LogP contribution in [0.15, 0.2) is 0 Å². The summed E-state index contributed by atoms with van der Waals surface area (Å²) in [5.41, 5.74) is 0.203. The monoisotopic (exact) mass is 417 g/mol. The van der Waals surface area contributed by atoms with Crippen molar-refractivity contribution in [3.63, 3.8) is 0 Å². The van der Waals surface area contributed by atoms with Gasteiger partial charge in [0, 0.05) is 31.4 Å². The van der Waals surface area contributed by atoms with Crippen LogP contribution >= 0.6 is 0 Å². The van der Waals surface area contributed by atoms with Gasteiger partial charge in [0.1, 0.15) is 0 Å². The lowest BCUT2D eigenvalue weighted by Gasteiger charge is -2.30. The summed E-state index contributed by atoms with van der Waals surface area (Å²) in [6.07, 6.45) is 14.8. The summed E-state index contributed by atoms with van der Waals surface area (Å²) in [7, 11) is -2.48. The van der Waals surface area contributed by atoms with Crippen molar-refractivity contribution in [3.05, 3.63) is 0 Å². The van der Waals surface area contributed by atoms with Crippen LogP contribution in [0.2, 0.25) is 6.04 Å². The summed E-state index contributed by atoms with van der Waals surface area (Å²) < 4.78 is 17.8. The normalized spacial score (nSPS) is 12.6. The number of unbranched alkanes of at least 4 members (excludes halogenated alkanes) is 8. The zero-order valence-corrected chi connectivity index (χ0v) is 21.0. The SMILES string of the molecule is CCCCCCCCCCCC(C)(C)NCCC[Si](OCC)(OCC)OCC. The highest BCUT2D eigenvalue weighted by Gasteiger charge is 2.39. The maximum absolute atomic E-state index is 5.94. The third-order valence-corrected chi connectivity index (χ3v) is 8.41. The summed E-state index contributed by atoms with van der Waals surface area (Å²) in [6.45, 7) is 16.0. The predicted molar refractivity (Wildman–Crippen MR) is 124 cm³/mol. The smallest absolute Gasteiger partial charge is 0.374 e. The van der Waals surface area contributed by atoms with Crippen LogP contribution in [0.5, 0.6) is 0 Å². The Morgan fingerprint density at radius 1 is 0.643 bits per heavy atom. The van der Waals surface area contributed by atoms with E-state index in [1.807, 2.05) is 20.8 Å². The van der Waals surface area contributed by atoms with Crippen molar-refractivity contribution in [1.29, 1.82) is 0 Å². The van der Waals surface area contributed by atoms with Crippen molar-refractivity contribution < 1.29 is 13.3 Å². The van der Waals surface area contributed by atoms with Crippen LogP contribution in [0.25, 0.3) is 0 Å². The molecule has 0 aliphatic carbocycles. The highest BCUT2D eigenvalue weighted by Crippen LogP contribution is 2.20. The molecule has 0 heterocycles. The quantitative estimate of drug-likeness (QED) is 0.166. The first-order valence-corrected chi connectivity index (χ1v) is 14.0. The molecule has 1 N–H and O–H groups in total. The van der Waals surface area contributed by atoms with E-state index in [4.69, 9.17) is 13.3 Å². The third-order valence-electron chi connectivity index (χ3n) is 5.26. The topological polar surface area (TPSA) is 39.7 Å². The van der Waals surface area contributed by atoms with E-state index in [-0.39, 0.29) is 5.54 Å². The van der Waals surface area contributed by atoms with E-state index < -0.39 is 8.80 Å². The van der Waals surface area contributed by atoms with Gasteiger partial charge in [0.15, 0.2) is 0 Å². The molecule has 28 heavy (non-hydrogen) atoms. The van der Waals surface area contributed by atoms with Crippen LogP contribution in [0, 0.1) is 0 Å². The van der Waals surface area contributed by atoms with Crippen LogP contribution in [0.3, 0.4) is 0 Å². The minimum absolute atomic E-state index is 0.203. The first-order chi connectivity index (χ1) is 13.4. The van der Waals surface area contributed by atoms with Gasteiger partial charge in [-0.05, 0) is 54.0 Å². The molecule has 0 fully saturated rings. The summed E-state index contributed by atoms with van der Waals surface area (Å²) in [6, 6.07) is 0.892. The van der Waals surface area contributed by atoms with Gasteiger partial charge < -0.3 is 18.6 Å². The predicted octanol–water partition coefficient (Wildman–Crippen LogP) is 6.71. The van der Waals surface area contributed by atoms with Crippen molar-refractivity contribution in [2.45, 2.75) is 124 Å². The van der Waals surface area contributed by atoms with Gasteiger partial charge >= 0.3 is 8.80 Å². The Balaban J connectivity index is 3.92. The van der Waals surface area contributed by atoms with Gasteiger partial charge in [-0.1, -0.05) is 64.7 Å². The maximum Gasteiger partial charge on any atom is 0.500 e. The van der Waals surface area contributed by atoms with Crippen LogP contribution in [-0.4, -0.2) is 40.7 Å². The molecule has 0 amide bonds. The van der Waals surface area contributed by atoms with Gasteiger partial charge in [-0.3, -0.25) is 0 Å². The molecular weight excluding hydrogens is 366 g/mol. The summed E-state index contributed by atoms with van der Waals surface area (Å²) >= 11 is 0. The van der Waals surface area contributed by atoms with E-state index in [1.165, 1.54) is 64.2 Å². The molecule has 0 bridgehead atoms. The molecule has 0 aliphatic rings. The average Bonchev–Trinajstić information content (AvgIpc) is 2.65. The molecule has 0 saturated carbocycles. The fourth-order valence-electron chi connectivity index (χ4n) is 3.70. The zero-order valence-electron chi connectivity index (χ0n) is 20.0. The van der Waals surface area contributed by atoms with Gasteiger partial charge in [-0.25, -0.2) is 0 Å². The van der Waals surface area contributed by atoms with Gasteiger partial charge in [0.25, 0.3) is 0 Å². The molecule has 0 aliphatic heterocycles. The van der Waals surface area contributed by atoms with Crippen molar-refractivity contribution in [3.8, 4) is 0 Å². The largest absolute Gasteiger partial charge is 0.500 e. The maximum atomic E-state index is 5.94. The summed E-state index contributed by atoms with van der Waals surface area (Å²) in [5, 5.41) is 3.74. The Morgan fingerprint density at radius 2 is 1.11 bits per heavy atom. The second-order valence-electron chi connectivity index (χ2n) is 8.47. The average molecular weight is 418 g/mol. The van der Waals surface area contributed by atoms with Crippen LogP contribution < -0.4 is 5.32 Å². The van der Waals surface area contributed by atoms with Crippen LogP contribution in [0.4, 0.5) is 0 Å². The standard InChI is InChI=1S/C23H51NO3Si/c1-7-11-12-13-14-15-16-17-18-20-23(5,6)24-21-19-22-28(25-8-2,26-9-3)27-10-4/h24H,7-22H2,1-6H3. The Labute approximate surface area is 177 Å². The zero-order chi connectivity index (χ0) is 21.1. The third kappa shape index (κ3) is 15.0. The molecule has 0 rings (SSSR count). The van der Waals surface area contributed by atoms with Crippen LogP contribution in [-0.2, 0) is 13.3 Å². The lowest BCUT2D eigenvalue weighted by molar-refractivity contribution is 0.0706. The Bertz CT molecular complexity index is 323. The van der Waals surface area contributed by atoms with E-state index in [2.05, 4.69) is 26.1 Å². The van der Waals surface area contributed by atoms with Gasteiger partial charge in [0.2, 0.25) is 0 Å².